The van der Waals surface area contributed by atoms with Crippen LogP contribution in [0.4, 0.5) is 0 Å². The van der Waals surface area contributed by atoms with Crippen molar-refractivity contribution in [2.24, 2.45) is 0 Å². The Bertz CT molecular complexity index is 160. The van der Waals surface area contributed by atoms with Crippen molar-refractivity contribution in [1.82, 2.24) is 0 Å². The monoisotopic (exact) mass is 210 g/mol. The Morgan fingerprint density at radius 2 is 1.21 bits per heavy atom. The van der Waals surface area contributed by atoms with E-state index in [9.17, 15) is 0 Å². The number of hydrogen-bond acceptors (Lipinski definition) is 0. The summed E-state index contributed by atoms with van der Waals surface area (Å²) < 4.78 is 0. The van der Waals surface area contributed by atoms with E-state index in [0.717, 1.165) is 8.58 Å². The Balaban J connectivity index is 0.000000241. The topological polar surface area (TPSA) is 0 Å². The van der Waals surface area contributed by atoms with Gasteiger partial charge >= 0.3 is 0 Å². The summed E-state index contributed by atoms with van der Waals surface area (Å²) in [4.78, 5) is 0. The molecule has 1 aliphatic rings. The maximum absolute atomic E-state index is 2.25. The third-order valence-corrected chi connectivity index (χ3v) is 2.70. The molecule has 0 saturated heterocycles. The summed E-state index contributed by atoms with van der Waals surface area (Å²) >= 11 is 0. The molecule has 0 aliphatic carbocycles. The summed E-state index contributed by atoms with van der Waals surface area (Å²) in [5, 5.41) is 0. The molecule has 0 nitrogen and oxygen atoms in total. The van der Waals surface area contributed by atoms with Crippen molar-refractivity contribution < 1.29 is 0 Å². The lowest BCUT2D eigenvalue weighted by atomic mass is 10.2. The quantitative estimate of drug-likeness (QED) is 0.439. The van der Waals surface area contributed by atoms with Crippen LogP contribution in [0, 0.1) is 0 Å². The number of allylic oxidation sites excluding steroid dienone is 4. The van der Waals surface area contributed by atoms with E-state index in [4.69, 9.17) is 0 Å². The van der Waals surface area contributed by atoms with Crippen molar-refractivity contribution in [2.75, 3.05) is 0 Å². The van der Waals surface area contributed by atoms with Gasteiger partial charge in [0.15, 0.2) is 0 Å². The molecule has 0 amide bonds. The van der Waals surface area contributed by atoms with Crippen LogP contribution in [0.15, 0.2) is 35.9 Å². The highest BCUT2D eigenvalue weighted by molar-refractivity contribution is 7.45. The Hall–Kier alpha value is -0.350. The van der Waals surface area contributed by atoms with E-state index >= 15 is 0 Å². The molecule has 0 aromatic heterocycles. The summed E-state index contributed by atoms with van der Waals surface area (Å²) in [6, 6.07) is 0. The molecule has 0 atom stereocenters. The highest BCUT2D eigenvalue weighted by Gasteiger charge is 1.80. The average Bonchev–Trinajstić information content (AvgIpc) is 2.51. The lowest BCUT2D eigenvalue weighted by molar-refractivity contribution is 0.656. The van der Waals surface area contributed by atoms with Gasteiger partial charge in [-0.3, -0.25) is 0 Å². The van der Waals surface area contributed by atoms with Gasteiger partial charge in [-0.15, -0.1) is 0 Å². The molecule has 0 unspecified atom stereocenters. The van der Waals surface area contributed by atoms with Gasteiger partial charge in [-0.2, -0.15) is 0 Å². The van der Waals surface area contributed by atoms with Gasteiger partial charge in [0, 0.05) is 0 Å². The fraction of sp³-hybridized carbons (Fsp3) is 0.538. The van der Waals surface area contributed by atoms with Crippen molar-refractivity contribution in [2.45, 2.75) is 46.0 Å². The second-order valence-corrected chi connectivity index (χ2v) is 4.33. The Morgan fingerprint density at radius 3 is 1.64 bits per heavy atom. The first-order valence-electron chi connectivity index (χ1n) is 5.66. The first-order chi connectivity index (χ1) is 6.91. The van der Waals surface area contributed by atoms with Crippen LogP contribution in [-0.4, -0.2) is 0 Å². The van der Waals surface area contributed by atoms with Crippen LogP contribution in [0.2, 0.25) is 0 Å². The first kappa shape index (κ1) is 13.7. The summed E-state index contributed by atoms with van der Waals surface area (Å²) in [5.74, 6) is 4.31. The van der Waals surface area contributed by atoms with Gasteiger partial charge in [0.2, 0.25) is 0 Å². The summed E-state index contributed by atoms with van der Waals surface area (Å²) in [5.41, 5.74) is 0. The normalized spacial score (nSPS) is 13.3. The third-order valence-electron chi connectivity index (χ3n) is 1.93. The molecule has 0 aromatic carbocycles. The van der Waals surface area contributed by atoms with Crippen molar-refractivity contribution in [3.8, 4) is 0 Å². The SMILES string of the molecule is C1=CC=CPC=C1.CCCCCCC. The molecule has 0 radical (unpaired) electrons. The minimum absolute atomic E-state index is 0.871. The smallest absolute Gasteiger partial charge is 0.0533 e. The van der Waals surface area contributed by atoms with Gasteiger partial charge in [-0.05, 0) is 0 Å². The highest BCUT2D eigenvalue weighted by Crippen LogP contribution is 2.14. The molecule has 1 aliphatic heterocycles. The molecule has 0 saturated carbocycles. The zero-order valence-electron chi connectivity index (χ0n) is 9.50. The second-order valence-electron chi connectivity index (χ2n) is 3.33. The Kier molecular flexibility index (Phi) is 12.3. The standard InChI is InChI=1S/C7H16.C6H7P/c1-3-5-7-6-4-2;1-2-4-6-7-5-3-1/h3-7H2,1-2H3;1-7H. The molecule has 0 spiro atoms. The van der Waals surface area contributed by atoms with Gasteiger partial charge in [0.25, 0.3) is 0 Å². The van der Waals surface area contributed by atoms with E-state index in [1.165, 1.54) is 32.1 Å². The van der Waals surface area contributed by atoms with Gasteiger partial charge in [-0.1, -0.05) is 90.5 Å². The van der Waals surface area contributed by atoms with Crippen LogP contribution < -0.4 is 0 Å². The minimum atomic E-state index is 0.871. The number of unbranched alkanes of at least 4 members (excludes halogenated alkanes) is 4. The molecule has 0 fully saturated rings. The van der Waals surface area contributed by atoms with E-state index in [-0.39, 0.29) is 0 Å². The predicted octanol–water partition coefficient (Wildman–Crippen LogP) is 5.24. The summed E-state index contributed by atoms with van der Waals surface area (Å²) in [6.07, 6.45) is 15.2. The molecule has 14 heavy (non-hydrogen) atoms. The first-order valence-corrected chi connectivity index (χ1v) is 6.81. The Labute approximate surface area is 91.0 Å². The third kappa shape index (κ3) is 11.6. The fourth-order valence-corrected chi connectivity index (χ4v) is 1.64. The van der Waals surface area contributed by atoms with Crippen molar-refractivity contribution in [3.63, 3.8) is 0 Å². The van der Waals surface area contributed by atoms with Crippen molar-refractivity contribution in [1.29, 1.82) is 0 Å². The van der Waals surface area contributed by atoms with Crippen molar-refractivity contribution >= 4 is 8.58 Å². The van der Waals surface area contributed by atoms with Gasteiger partial charge in [0.1, 0.15) is 0 Å². The van der Waals surface area contributed by atoms with Gasteiger partial charge in [0.05, 0.1) is 0 Å². The summed E-state index contributed by atoms with van der Waals surface area (Å²) in [7, 11) is 0.871. The van der Waals surface area contributed by atoms with Crippen LogP contribution in [0.3, 0.4) is 0 Å². The largest absolute Gasteiger partial charge is 0.0749 e. The van der Waals surface area contributed by atoms with Crippen LogP contribution in [-0.2, 0) is 0 Å². The highest BCUT2D eigenvalue weighted by atomic mass is 31.1. The molecule has 80 valence electrons. The molecule has 1 rings (SSSR count). The van der Waals surface area contributed by atoms with E-state index in [1.54, 1.807) is 0 Å². The van der Waals surface area contributed by atoms with Crippen LogP contribution in [0.1, 0.15) is 46.0 Å². The predicted molar refractivity (Wildman–Crippen MR) is 70.2 cm³/mol. The van der Waals surface area contributed by atoms with E-state index in [2.05, 4.69) is 37.6 Å². The zero-order valence-corrected chi connectivity index (χ0v) is 10.5. The lowest BCUT2D eigenvalue weighted by Crippen LogP contribution is -1.70. The Morgan fingerprint density at radius 1 is 0.714 bits per heavy atom. The van der Waals surface area contributed by atoms with Gasteiger partial charge in [-0.25, -0.2) is 0 Å². The van der Waals surface area contributed by atoms with Crippen LogP contribution in [0.25, 0.3) is 0 Å². The van der Waals surface area contributed by atoms with E-state index in [0.29, 0.717) is 0 Å². The molecule has 1 heterocycles. The molecular formula is C13H23P. The molecular weight excluding hydrogens is 187 g/mol. The molecule has 0 bridgehead atoms. The number of hydrogen-bond donors (Lipinski definition) is 0. The van der Waals surface area contributed by atoms with E-state index < -0.39 is 0 Å². The van der Waals surface area contributed by atoms with Crippen molar-refractivity contribution in [3.05, 3.63) is 35.9 Å². The minimum Gasteiger partial charge on any atom is -0.0749 e. The second kappa shape index (κ2) is 12.7. The van der Waals surface area contributed by atoms with Crippen LogP contribution >= 0.6 is 8.58 Å². The lowest BCUT2D eigenvalue weighted by Gasteiger charge is -1.90. The maximum atomic E-state index is 2.25. The molecule has 0 aromatic rings. The van der Waals surface area contributed by atoms with Crippen LogP contribution in [0.5, 0.6) is 0 Å². The maximum Gasteiger partial charge on any atom is -0.0533 e. The van der Waals surface area contributed by atoms with E-state index in [1.807, 2.05) is 12.2 Å². The average molecular weight is 210 g/mol. The number of rotatable bonds is 4. The summed E-state index contributed by atoms with van der Waals surface area (Å²) in [6.45, 7) is 4.49. The molecule has 1 heteroatoms. The molecule has 0 N–H and O–H groups in total. The zero-order chi connectivity index (χ0) is 10.5. The van der Waals surface area contributed by atoms with Gasteiger partial charge < -0.3 is 0 Å². The fourth-order valence-electron chi connectivity index (χ4n) is 1.08.